The SMILES string of the molecule is COc1ccc2oc3c(OC)c(O)cc(OC)c3c(=O)c2c1O. The number of phenols is 2. The monoisotopic (exact) mass is 318 g/mol. The van der Waals surface area contributed by atoms with Crippen LogP contribution in [-0.2, 0) is 0 Å². The van der Waals surface area contributed by atoms with Crippen LogP contribution in [0.5, 0.6) is 28.7 Å². The Morgan fingerprint density at radius 3 is 2.26 bits per heavy atom. The quantitative estimate of drug-likeness (QED) is 0.715. The van der Waals surface area contributed by atoms with Crippen molar-refractivity contribution in [2.75, 3.05) is 21.3 Å². The summed E-state index contributed by atoms with van der Waals surface area (Å²) < 4.78 is 20.9. The summed E-state index contributed by atoms with van der Waals surface area (Å²) in [7, 11) is 4.08. The van der Waals surface area contributed by atoms with Crippen molar-refractivity contribution < 1.29 is 28.8 Å². The zero-order valence-corrected chi connectivity index (χ0v) is 12.7. The third kappa shape index (κ3) is 2.01. The third-order valence-electron chi connectivity index (χ3n) is 3.59. The highest BCUT2D eigenvalue weighted by molar-refractivity contribution is 6.00. The van der Waals surface area contributed by atoms with Gasteiger partial charge in [-0.2, -0.15) is 0 Å². The average Bonchev–Trinajstić information content (AvgIpc) is 2.54. The minimum absolute atomic E-state index is 0.00936. The number of aromatic hydroxyl groups is 2. The summed E-state index contributed by atoms with van der Waals surface area (Å²) in [5, 5.41) is 20.2. The maximum atomic E-state index is 12.8. The van der Waals surface area contributed by atoms with E-state index in [0.29, 0.717) is 0 Å². The first-order valence-electron chi connectivity index (χ1n) is 6.63. The lowest BCUT2D eigenvalue weighted by Crippen LogP contribution is -2.06. The molecule has 1 heterocycles. The molecule has 0 unspecified atom stereocenters. The molecule has 2 N–H and O–H groups in total. The molecule has 23 heavy (non-hydrogen) atoms. The zero-order valence-electron chi connectivity index (χ0n) is 12.7. The fourth-order valence-electron chi connectivity index (χ4n) is 2.53. The largest absolute Gasteiger partial charge is 0.504 e. The van der Waals surface area contributed by atoms with Crippen LogP contribution in [0.25, 0.3) is 21.9 Å². The van der Waals surface area contributed by atoms with E-state index in [-0.39, 0.29) is 50.7 Å². The molecular weight excluding hydrogens is 304 g/mol. The number of fused-ring (bicyclic) bond motifs is 2. The topological polar surface area (TPSA) is 98.4 Å². The normalized spacial score (nSPS) is 10.9. The fraction of sp³-hybridized carbons (Fsp3) is 0.188. The van der Waals surface area contributed by atoms with Crippen molar-refractivity contribution in [3.63, 3.8) is 0 Å². The van der Waals surface area contributed by atoms with Crippen LogP contribution in [0.1, 0.15) is 0 Å². The van der Waals surface area contributed by atoms with Crippen LogP contribution in [0.3, 0.4) is 0 Å². The van der Waals surface area contributed by atoms with Gasteiger partial charge in [-0.25, -0.2) is 0 Å². The molecule has 0 fully saturated rings. The summed E-state index contributed by atoms with van der Waals surface area (Å²) >= 11 is 0. The van der Waals surface area contributed by atoms with E-state index in [1.54, 1.807) is 0 Å². The number of phenolic OH excluding ortho intramolecular Hbond substituents is 2. The molecule has 0 amide bonds. The maximum absolute atomic E-state index is 12.8. The Morgan fingerprint density at radius 1 is 0.957 bits per heavy atom. The van der Waals surface area contributed by atoms with Gasteiger partial charge in [0.1, 0.15) is 22.1 Å². The van der Waals surface area contributed by atoms with E-state index in [1.165, 1.54) is 39.5 Å². The lowest BCUT2D eigenvalue weighted by molar-refractivity contribution is 0.365. The van der Waals surface area contributed by atoms with Crippen molar-refractivity contribution in [2.24, 2.45) is 0 Å². The lowest BCUT2D eigenvalue weighted by Gasteiger charge is -2.12. The molecule has 1 aromatic heterocycles. The van der Waals surface area contributed by atoms with Crippen LogP contribution < -0.4 is 19.6 Å². The van der Waals surface area contributed by atoms with Gasteiger partial charge in [-0.3, -0.25) is 4.79 Å². The molecule has 0 saturated carbocycles. The number of hydrogen-bond acceptors (Lipinski definition) is 7. The second-order valence-corrected chi connectivity index (χ2v) is 4.76. The second kappa shape index (κ2) is 5.28. The average molecular weight is 318 g/mol. The summed E-state index contributed by atoms with van der Waals surface area (Å²) in [5.74, 6) is -0.285. The van der Waals surface area contributed by atoms with E-state index in [1.807, 2.05) is 0 Å². The zero-order chi connectivity index (χ0) is 16.7. The van der Waals surface area contributed by atoms with Gasteiger partial charge >= 0.3 is 0 Å². The number of benzene rings is 2. The minimum atomic E-state index is -0.521. The summed E-state index contributed by atoms with van der Waals surface area (Å²) in [6.45, 7) is 0. The van der Waals surface area contributed by atoms with Crippen molar-refractivity contribution in [2.45, 2.75) is 0 Å². The van der Waals surface area contributed by atoms with E-state index in [0.717, 1.165) is 0 Å². The third-order valence-corrected chi connectivity index (χ3v) is 3.59. The Kier molecular flexibility index (Phi) is 3.40. The lowest BCUT2D eigenvalue weighted by atomic mass is 10.1. The molecular formula is C16H14O7. The van der Waals surface area contributed by atoms with Gasteiger partial charge in [-0.15, -0.1) is 0 Å². The van der Waals surface area contributed by atoms with Crippen LogP contribution in [0.15, 0.2) is 27.4 Å². The van der Waals surface area contributed by atoms with Crippen LogP contribution in [0.4, 0.5) is 0 Å². The predicted octanol–water partition coefficient (Wildman–Crippen LogP) is 2.38. The van der Waals surface area contributed by atoms with Crippen LogP contribution in [0.2, 0.25) is 0 Å². The molecule has 0 bridgehead atoms. The molecule has 0 saturated heterocycles. The van der Waals surface area contributed by atoms with Crippen molar-refractivity contribution in [3.8, 4) is 28.7 Å². The first-order chi connectivity index (χ1) is 11.0. The van der Waals surface area contributed by atoms with Gasteiger partial charge in [0.2, 0.25) is 11.2 Å². The molecule has 0 aliphatic carbocycles. The van der Waals surface area contributed by atoms with E-state index < -0.39 is 5.43 Å². The Hall–Kier alpha value is -3.09. The van der Waals surface area contributed by atoms with Crippen LogP contribution in [0, 0.1) is 0 Å². The minimum Gasteiger partial charge on any atom is -0.504 e. The number of methoxy groups -OCH3 is 3. The van der Waals surface area contributed by atoms with Gasteiger partial charge in [0.05, 0.1) is 21.3 Å². The highest BCUT2D eigenvalue weighted by Gasteiger charge is 2.22. The Bertz CT molecular complexity index is 972. The molecule has 120 valence electrons. The highest BCUT2D eigenvalue weighted by atomic mass is 16.5. The molecule has 0 spiro atoms. The Morgan fingerprint density at radius 2 is 1.65 bits per heavy atom. The summed E-state index contributed by atoms with van der Waals surface area (Å²) in [5.41, 5.74) is -0.356. The van der Waals surface area contributed by atoms with Crippen molar-refractivity contribution in [1.82, 2.24) is 0 Å². The van der Waals surface area contributed by atoms with Crippen LogP contribution in [-0.4, -0.2) is 31.5 Å². The molecule has 7 nitrogen and oxygen atoms in total. The van der Waals surface area contributed by atoms with Gasteiger partial charge in [0.15, 0.2) is 22.8 Å². The summed E-state index contributed by atoms with van der Waals surface area (Å²) in [6.07, 6.45) is 0. The second-order valence-electron chi connectivity index (χ2n) is 4.76. The fourth-order valence-corrected chi connectivity index (χ4v) is 2.53. The van der Waals surface area contributed by atoms with Gasteiger partial charge in [-0.1, -0.05) is 0 Å². The predicted molar refractivity (Wildman–Crippen MR) is 83.0 cm³/mol. The molecule has 3 aromatic rings. The molecule has 3 rings (SSSR count). The maximum Gasteiger partial charge on any atom is 0.208 e. The summed E-state index contributed by atoms with van der Waals surface area (Å²) in [6, 6.07) is 4.21. The standard InChI is InChI=1S/C16H14O7/c1-20-9-5-4-8-11(13(9)18)14(19)12-10(21-2)6-7(17)15(22-3)16(12)23-8/h4-6,17-18H,1-3H3. The van der Waals surface area contributed by atoms with Crippen molar-refractivity contribution in [3.05, 3.63) is 28.4 Å². The van der Waals surface area contributed by atoms with E-state index in [9.17, 15) is 15.0 Å². The number of rotatable bonds is 3. The Balaban J connectivity index is 2.61. The smallest absolute Gasteiger partial charge is 0.208 e. The van der Waals surface area contributed by atoms with Gasteiger partial charge in [0.25, 0.3) is 0 Å². The van der Waals surface area contributed by atoms with Gasteiger partial charge in [-0.05, 0) is 12.1 Å². The number of ether oxygens (including phenoxy) is 3. The molecule has 7 heteroatoms. The van der Waals surface area contributed by atoms with E-state index in [2.05, 4.69) is 0 Å². The van der Waals surface area contributed by atoms with Crippen LogP contribution >= 0.6 is 0 Å². The molecule has 0 aliphatic rings. The van der Waals surface area contributed by atoms with Gasteiger partial charge in [0, 0.05) is 6.07 Å². The summed E-state index contributed by atoms with van der Waals surface area (Å²) in [4.78, 5) is 12.8. The van der Waals surface area contributed by atoms with Gasteiger partial charge < -0.3 is 28.8 Å². The molecule has 0 aliphatic heterocycles. The first-order valence-corrected chi connectivity index (χ1v) is 6.63. The number of hydrogen-bond donors (Lipinski definition) is 2. The molecule has 0 atom stereocenters. The van der Waals surface area contributed by atoms with E-state index in [4.69, 9.17) is 18.6 Å². The molecule has 2 aromatic carbocycles. The van der Waals surface area contributed by atoms with Crippen molar-refractivity contribution in [1.29, 1.82) is 0 Å². The van der Waals surface area contributed by atoms with Crippen molar-refractivity contribution >= 4 is 21.9 Å². The van der Waals surface area contributed by atoms with E-state index >= 15 is 0 Å². The Labute approximate surface area is 130 Å². The highest BCUT2D eigenvalue weighted by Crippen LogP contribution is 2.42. The molecule has 0 radical (unpaired) electrons. The first kappa shape index (κ1) is 14.8.